The minimum Gasteiger partial charge on any atom is -0.465 e. The molecule has 4 rings (SSSR count). The first-order valence-corrected chi connectivity index (χ1v) is 10.6. The highest BCUT2D eigenvalue weighted by atomic mass is 16.4. The average molecular weight is 424 g/mol. The predicted molar refractivity (Wildman–Crippen MR) is 121 cm³/mol. The average Bonchev–Trinajstić information content (AvgIpc) is 2.77. The van der Waals surface area contributed by atoms with Crippen molar-refractivity contribution in [1.82, 2.24) is 9.88 Å². The third-order valence-electron chi connectivity index (χ3n) is 5.82. The molecule has 1 saturated heterocycles. The maximum atomic E-state index is 12.5. The molecule has 3 heterocycles. The van der Waals surface area contributed by atoms with Crippen LogP contribution in [0.4, 0.5) is 27.7 Å². The highest BCUT2D eigenvalue weighted by Gasteiger charge is 2.30. The summed E-state index contributed by atoms with van der Waals surface area (Å²) < 4.78 is 0. The van der Waals surface area contributed by atoms with Gasteiger partial charge in [0, 0.05) is 44.7 Å². The van der Waals surface area contributed by atoms with E-state index >= 15 is 0 Å². The van der Waals surface area contributed by atoms with Crippen molar-refractivity contribution in [3.63, 3.8) is 0 Å². The van der Waals surface area contributed by atoms with Crippen LogP contribution in [0, 0.1) is 5.41 Å². The molecule has 1 fully saturated rings. The Kier molecular flexibility index (Phi) is 5.47. The van der Waals surface area contributed by atoms with Gasteiger partial charge in [-0.05, 0) is 24.3 Å². The highest BCUT2D eigenvalue weighted by Crippen LogP contribution is 2.37. The normalized spacial score (nSPS) is 16.9. The van der Waals surface area contributed by atoms with Crippen molar-refractivity contribution >= 4 is 34.9 Å². The summed E-state index contributed by atoms with van der Waals surface area (Å²) in [7, 11) is 0. The molecule has 0 aliphatic carbocycles. The minimum atomic E-state index is -0.945. The summed E-state index contributed by atoms with van der Waals surface area (Å²) in [5.41, 5.74) is 2.19. The van der Waals surface area contributed by atoms with Gasteiger partial charge in [0.15, 0.2) is 0 Å². The number of hydrogen-bond acceptors (Lipinski definition) is 5. The number of piperazine rings is 1. The largest absolute Gasteiger partial charge is 0.465 e. The number of rotatable bonds is 2. The van der Waals surface area contributed by atoms with Crippen LogP contribution in [0.3, 0.4) is 0 Å². The Labute approximate surface area is 182 Å². The van der Waals surface area contributed by atoms with E-state index in [0.29, 0.717) is 31.9 Å². The summed E-state index contributed by atoms with van der Waals surface area (Å²) in [5, 5.41) is 9.48. The van der Waals surface area contributed by atoms with Crippen molar-refractivity contribution in [3.05, 3.63) is 42.6 Å². The van der Waals surface area contributed by atoms with Crippen molar-refractivity contribution in [3.8, 4) is 0 Å². The topological polar surface area (TPSA) is 80.2 Å². The molecule has 1 aromatic carbocycles. The number of nitrogens with zero attached hydrogens (tertiary/aromatic N) is 5. The Hall–Kier alpha value is -3.29. The molecule has 31 heavy (non-hydrogen) atoms. The van der Waals surface area contributed by atoms with Gasteiger partial charge in [-0.1, -0.05) is 32.9 Å². The van der Waals surface area contributed by atoms with Crippen LogP contribution in [0.2, 0.25) is 0 Å². The fourth-order valence-electron chi connectivity index (χ4n) is 4.17. The molecule has 0 bridgehead atoms. The number of anilines is 4. The molecule has 0 atom stereocenters. The van der Waals surface area contributed by atoms with Crippen molar-refractivity contribution in [2.75, 3.05) is 54.0 Å². The fourth-order valence-corrected chi connectivity index (χ4v) is 4.17. The van der Waals surface area contributed by atoms with E-state index in [1.165, 1.54) is 4.90 Å². The molecule has 0 radical (unpaired) electrons. The Morgan fingerprint density at radius 1 is 0.903 bits per heavy atom. The number of fused-ring (bicyclic) bond motifs is 1. The standard InChI is InChI=1S/C23H29N5O3/c1-23(2,3)21(29)26-12-10-25(11-13-26)17-8-9-20(24-16-17)27-14-15-28(22(30)31)19-7-5-4-6-18(19)27/h4-9,16H,10-15H2,1-3H3,(H,30,31). The molecule has 2 aliphatic heterocycles. The number of benzene rings is 1. The monoisotopic (exact) mass is 423 g/mol. The number of hydrogen-bond donors (Lipinski definition) is 1. The lowest BCUT2D eigenvalue weighted by Crippen LogP contribution is -2.51. The quantitative estimate of drug-likeness (QED) is 0.797. The number of carboxylic acid groups (broad SMARTS) is 1. The van der Waals surface area contributed by atoms with E-state index in [0.717, 1.165) is 30.3 Å². The number of para-hydroxylation sites is 2. The zero-order valence-electron chi connectivity index (χ0n) is 18.3. The zero-order chi connectivity index (χ0) is 22.2. The number of aromatic nitrogens is 1. The number of carbonyl (C=O) groups is 2. The molecule has 2 aromatic rings. The van der Waals surface area contributed by atoms with Gasteiger partial charge in [-0.15, -0.1) is 0 Å². The van der Waals surface area contributed by atoms with Crippen LogP contribution < -0.4 is 14.7 Å². The molecule has 1 N–H and O–H groups in total. The van der Waals surface area contributed by atoms with Gasteiger partial charge < -0.3 is 19.8 Å². The van der Waals surface area contributed by atoms with E-state index in [2.05, 4.69) is 20.9 Å². The number of amides is 2. The fraction of sp³-hybridized carbons (Fsp3) is 0.435. The Balaban J connectivity index is 1.47. The van der Waals surface area contributed by atoms with E-state index in [1.54, 1.807) is 0 Å². The number of carbonyl (C=O) groups excluding carboxylic acids is 1. The Bertz CT molecular complexity index is 962. The van der Waals surface area contributed by atoms with Crippen LogP contribution in [0.25, 0.3) is 0 Å². The summed E-state index contributed by atoms with van der Waals surface area (Å²) in [5.74, 6) is 0.988. The van der Waals surface area contributed by atoms with Crippen molar-refractivity contribution in [1.29, 1.82) is 0 Å². The summed E-state index contributed by atoms with van der Waals surface area (Å²) in [6.45, 7) is 9.79. The highest BCUT2D eigenvalue weighted by molar-refractivity contribution is 5.93. The molecule has 0 unspecified atom stereocenters. The smallest absolute Gasteiger partial charge is 0.411 e. The van der Waals surface area contributed by atoms with Gasteiger partial charge in [0.1, 0.15) is 5.82 Å². The van der Waals surface area contributed by atoms with Crippen molar-refractivity contribution in [2.45, 2.75) is 20.8 Å². The molecule has 0 saturated carbocycles. The van der Waals surface area contributed by atoms with Crippen LogP contribution in [0.15, 0.2) is 42.6 Å². The van der Waals surface area contributed by atoms with Gasteiger partial charge in [0.05, 0.1) is 23.3 Å². The molecule has 2 amide bonds. The molecule has 8 heteroatoms. The van der Waals surface area contributed by atoms with E-state index in [-0.39, 0.29) is 11.3 Å². The van der Waals surface area contributed by atoms with Gasteiger partial charge in [-0.25, -0.2) is 9.78 Å². The molecular weight excluding hydrogens is 394 g/mol. The van der Waals surface area contributed by atoms with Crippen LogP contribution in [-0.2, 0) is 4.79 Å². The van der Waals surface area contributed by atoms with Gasteiger partial charge in [0.25, 0.3) is 0 Å². The SMILES string of the molecule is CC(C)(C)C(=O)N1CCN(c2ccc(N3CCN(C(=O)O)c4ccccc43)nc2)CC1. The van der Waals surface area contributed by atoms with Gasteiger partial charge in [-0.2, -0.15) is 0 Å². The van der Waals surface area contributed by atoms with Crippen LogP contribution in [0.5, 0.6) is 0 Å². The third-order valence-corrected chi connectivity index (χ3v) is 5.82. The van der Waals surface area contributed by atoms with Gasteiger partial charge >= 0.3 is 6.09 Å². The molecule has 2 aliphatic rings. The van der Waals surface area contributed by atoms with Gasteiger partial charge in [0.2, 0.25) is 5.91 Å². The van der Waals surface area contributed by atoms with E-state index in [4.69, 9.17) is 0 Å². The summed E-state index contributed by atoms with van der Waals surface area (Å²) >= 11 is 0. The van der Waals surface area contributed by atoms with Crippen molar-refractivity contribution in [2.24, 2.45) is 5.41 Å². The lowest BCUT2D eigenvalue weighted by Gasteiger charge is -2.39. The summed E-state index contributed by atoms with van der Waals surface area (Å²) in [4.78, 5) is 36.4. The van der Waals surface area contributed by atoms with Crippen molar-refractivity contribution < 1.29 is 14.7 Å². The van der Waals surface area contributed by atoms with Gasteiger partial charge in [-0.3, -0.25) is 9.69 Å². The molecule has 0 spiro atoms. The Morgan fingerprint density at radius 2 is 1.58 bits per heavy atom. The maximum Gasteiger partial charge on any atom is 0.411 e. The lowest BCUT2D eigenvalue weighted by molar-refractivity contribution is -0.139. The van der Waals surface area contributed by atoms with Crippen LogP contribution in [-0.4, -0.2) is 66.3 Å². The first kappa shape index (κ1) is 21.0. The summed E-state index contributed by atoms with van der Waals surface area (Å²) in [6, 6.07) is 11.5. The first-order valence-electron chi connectivity index (χ1n) is 10.6. The predicted octanol–water partition coefficient (Wildman–Crippen LogP) is 3.41. The molecule has 8 nitrogen and oxygen atoms in total. The second-order valence-corrected chi connectivity index (χ2v) is 8.98. The van der Waals surface area contributed by atoms with E-state index < -0.39 is 6.09 Å². The third kappa shape index (κ3) is 4.15. The maximum absolute atomic E-state index is 12.5. The summed E-state index contributed by atoms with van der Waals surface area (Å²) in [6.07, 6.45) is 0.919. The lowest BCUT2D eigenvalue weighted by atomic mass is 9.94. The molecular formula is C23H29N5O3. The van der Waals surface area contributed by atoms with Crippen LogP contribution in [0.1, 0.15) is 20.8 Å². The van der Waals surface area contributed by atoms with Crippen LogP contribution >= 0.6 is 0 Å². The first-order chi connectivity index (χ1) is 14.8. The van der Waals surface area contributed by atoms with E-state index in [9.17, 15) is 14.7 Å². The number of pyridine rings is 1. The minimum absolute atomic E-state index is 0.194. The Morgan fingerprint density at radius 3 is 2.16 bits per heavy atom. The van der Waals surface area contributed by atoms with E-state index in [1.807, 2.05) is 62.2 Å². The second-order valence-electron chi connectivity index (χ2n) is 8.98. The second kappa shape index (κ2) is 8.09. The molecule has 1 aromatic heterocycles. The zero-order valence-corrected chi connectivity index (χ0v) is 18.3. The molecule has 164 valence electrons.